The number of halogens is 1. The Kier molecular flexibility index (Phi) is 4.26. The quantitative estimate of drug-likeness (QED) is 0.817. The SMILES string of the molecule is O=C(CCCCl)NCC1Cc2ccccc2O1. The van der Waals surface area contributed by atoms with E-state index in [4.69, 9.17) is 16.3 Å². The van der Waals surface area contributed by atoms with E-state index in [1.807, 2.05) is 18.2 Å². The molecule has 0 aliphatic carbocycles. The lowest BCUT2D eigenvalue weighted by Crippen LogP contribution is -2.34. The van der Waals surface area contributed by atoms with Crippen molar-refractivity contribution in [3.63, 3.8) is 0 Å². The maximum absolute atomic E-state index is 11.4. The number of carbonyl (C=O) groups excluding carboxylic acids is 1. The lowest BCUT2D eigenvalue weighted by atomic mass is 10.1. The molecule has 1 atom stereocenters. The summed E-state index contributed by atoms with van der Waals surface area (Å²) >= 11 is 5.53. The smallest absolute Gasteiger partial charge is 0.220 e. The van der Waals surface area contributed by atoms with Crippen LogP contribution < -0.4 is 10.1 Å². The summed E-state index contributed by atoms with van der Waals surface area (Å²) in [6.45, 7) is 0.565. The average molecular weight is 254 g/mol. The summed E-state index contributed by atoms with van der Waals surface area (Å²) in [5, 5.41) is 2.87. The van der Waals surface area contributed by atoms with Crippen molar-refractivity contribution in [2.24, 2.45) is 0 Å². The minimum absolute atomic E-state index is 0.0465. The van der Waals surface area contributed by atoms with Gasteiger partial charge in [0.15, 0.2) is 0 Å². The molecule has 1 aromatic rings. The molecule has 0 saturated carbocycles. The third-order valence-electron chi connectivity index (χ3n) is 2.78. The number of fused-ring (bicyclic) bond motifs is 1. The number of benzene rings is 1. The zero-order valence-electron chi connectivity index (χ0n) is 9.62. The summed E-state index contributed by atoms with van der Waals surface area (Å²) in [7, 11) is 0. The normalized spacial score (nSPS) is 17.4. The van der Waals surface area contributed by atoms with Gasteiger partial charge in [0.05, 0.1) is 6.54 Å². The highest BCUT2D eigenvalue weighted by Crippen LogP contribution is 2.27. The fourth-order valence-electron chi connectivity index (χ4n) is 1.91. The predicted molar refractivity (Wildman–Crippen MR) is 67.5 cm³/mol. The van der Waals surface area contributed by atoms with Crippen LogP contribution in [0.4, 0.5) is 0 Å². The molecular formula is C13H16ClNO2. The zero-order valence-corrected chi connectivity index (χ0v) is 10.4. The molecule has 0 radical (unpaired) electrons. The molecule has 1 unspecified atom stereocenters. The van der Waals surface area contributed by atoms with Crippen LogP contribution >= 0.6 is 11.6 Å². The van der Waals surface area contributed by atoms with Crippen molar-refractivity contribution in [2.45, 2.75) is 25.4 Å². The number of hydrogen-bond donors (Lipinski definition) is 1. The van der Waals surface area contributed by atoms with Gasteiger partial charge >= 0.3 is 0 Å². The monoisotopic (exact) mass is 253 g/mol. The molecule has 1 heterocycles. The summed E-state index contributed by atoms with van der Waals surface area (Å²) in [6, 6.07) is 7.99. The maximum Gasteiger partial charge on any atom is 0.220 e. The van der Waals surface area contributed by atoms with Crippen molar-refractivity contribution in [2.75, 3.05) is 12.4 Å². The molecule has 0 saturated heterocycles. The van der Waals surface area contributed by atoms with Gasteiger partial charge in [0.2, 0.25) is 5.91 Å². The van der Waals surface area contributed by atoms with E-state index in [0.717, 1.165) is 18.6 Å². The predicted octanol–water partition coefficient (Wildman–Crippen LogP) is 2.13. The highest BCUT2D eigenvalue weighted by Gasteiger charge is 2.22. The van der Waals surface area contributed by atoms with Gasteiger partial charge in [0.1, 0.15) is 11.9 Å². The minimum Gasteiger partial charge on any atom is -0.488 e. The Morgan fingerprint density at radius 1 is 1.47 bits per heavy atom. The van der Waals surface area contributed by atoms with Gasteiger partial charge in [-0.3, -0.25) is 4.79 Å². The van der Waals surface area contributed by atoms with Gasteiger partial charge in [-0.25, -0.2) is 0 Å². The van der Waals surface area contributed by atoms with Crippen molar-refractivity contribution in [1.82, 2.24) is 5.32 Å². The molecule has 1 N–H and O–H groups in total. The summed E-state index contributed by atoms with van der Waals surface area (Å²) in [5.41, 5.74) is 1.22. The van der Waals surface area contributed by atoms with Crippen molar-refractivity contribution in [3.8, 4) is 5.75 Å². The van der Waals surface area contributed by atoms with Crippen LogP contribution in [0.15, 0.2) is 24.3 Å². The number of rotatable bonds is 5. The summed E-state index contributed by atoms with van der Waals surface area (Å²) in [4.78, 5) is 11.4. The van der Waals surface area contributed by atoms with E-state index in [1.165, 1.54) is 5.56 Å². The van der Waals surface area contributed by atoms with E-state index >= 15 is 0 Å². The van der Waals surface area contributed by atoms with Gasteiger partial charge in [0.25, 0.3) is 0 Å². The van der Waals surface area contributed by atoms with Crippen LogP contribution in [0.5, 0.6) is 5.75 Å². The molecule has 3 nitrogen and oxygen atoms in total. The number of ether oxygens (including phenoxy) is 1. The number of para-hydroxylation sites is 1. The van der Waals surface area contributed by atoms with Gasteiger partial charge in [-0.2, -0.15) is 0 Å². The van der Waals surface area contributed by atoms with Crippen LogP contribution in [-0.4, -0.2) is 24.4 Å². The molecule has 2 rings (SSSR count). The van der Waals surface area contributed by atoms with Crippen LogP contribution in [0, 0.1) is 0 Å². The van der Waals surface area contributed by atoms with Crippen molar-refractivity contribution >= 4 is 17.5 Å². The Morgan fingerprint density at radius 3 is 3.06 bits per heavy atom. The Labute approximate surface area is 106 Å². The molecule has 17 heavy (non-hydrogen) atoms. The standard InChI is InChI=1S/C13H16ClNO2/c14-7-3-6-13(16)15-9-11-8-10-4-1-2-5-12(10)17-11/h1-2,4-5,11H,3,6-9H2,(H,15,16). The molecule has 0 spiro atoms. The number of amides is 1. The second-order valence-electron chi connectivity index (χ2n) is 4.15. The minimum atomic E-state index is 0.0465. The van der Waals surface area contributed by atoms with E-state index in [0.29, 0.717) is 18.8 Å². The number of nitrogens with one attached hydrogen (secondary N) is 1. The van der Waals surface area contributed by atoms with Crippen molar-refractivity contribution in [1.29, 1.82) is 0 Å². The number of carbonyl (C=O) groups is 1. The summed E-state index contributed by atoms with van der Waals surface area (Å²) in [5.74, 6) is 1.51. The summed E-state index contributed by atoms with van der Waals surface area (Å²) < 4.78 is 5.72. The Balaban J connectivity index is 1.75. The van der Waals surface area contributed by atoms with E-state index in [2.05, 4.69) is 11.4 Å². The van der Waals surface area contributed by atoms with Gasteiger partial charge in [-0.1, -0.05) is 18.2 Å². The van der Waals surface area contributed by atoms with E-state index in [-0.39, 0.29) is 12.0 Å². The first-order valence-corrected chi connectivity index (χ1v) is 6.40. The third kappa shape index (κ3) is 3.37. The molecule has 0 bridgehead atoms. The largest absolute Gasteiger partial charge is 0.488 e. The van der Waals surface area contributed by atoms with Crippen molar-refractivity contribution < 1.29 is 9.53 Å². The van der Waals surface area contributed by atoms with Crippen molar-refractivity contribution in [3.05, 3.63) is 29.8 Å². The number of alkyl halides is 1. The topological polar surface area (TPSA) is 38.3 Å². The van der Waals surface area contributed by atoms with Gasteiger partial charge in [-0.15, -0.1) is 11.6 Å². The van der Waals surface area contributed by atoms with Crippen LogP contribution in [-0.2, 0) is 11.2 Å². The number of hydrogen-bond acceptors (Lipinski definition) is 2. The second kappa shape index (κ2) is 5.92. The van der Waals surface area contributed by atoms with Crippen LogP contribution in [0.3, 0.4) is 0 Å². The highest BCUT2D eigenvalue weighted by atomic mass is 35.5. The lowest BCUT2D eigenvalue weighted by Gasteiger charge is -2.11. The van der Waals surface area contributed by atoms with Crippen LogP contribution in [0.1, 0.15) is 18.4 Å². The maximum atomic E-state index is 11.4. The van der Waals surface area contributed by atoms with E-state index in [1.54, 1.807) is 0 Å². The molecule has 1 aromatic carbocycles. The molecule has 92 valence electrons. The molecule has 0 aromatic heterocycles. The Morgan fingerprint density at radius 2 is 2.29 bits per heavy atom. The molecular weight excluding hydrogens is 238 g/mol. The zero-order chi connectivity index (χ0) is 12.1. The third-order valence-corrected chi connectivity index (χ3v) is 3.05. The van der Waals surface area contributed by atoms with E-state index < -0.39 is 0 Å². The first-order chi connectivity index (χ1) is 8.29. The van der Waals surface area contributed by atoms with Crippen LogP contribution in [0.2, 0.25) is 0 Å². The van der Waals surface area contributed by atoms with Gasteiger partial charge < -0.3 is 10.1 Å². The molecule has 0 fully saturated rings. The lowest BCUT2D eigenvalue weighted by molar-refractivity contribution is -0.121. The average Bonchev–Trinajstić information content (AvgIpc) is 2.76. The first-order valence-electron chi connectivity index (χ1n) is 5.87. The molecule has 1 amide bonds. The van der Waals surface area contributed by atoms with Gasteiger partial charge in [0, 0.05) is 18.7 Å². The van der Waals surface area contributed by atoms with Crippen LogP contribution in [0.25, 0.3) is 0 Å². The first kappa shape index (κ1) is 12.2. The fraction of sp³-hybridized carbons (Fsp3) is 0.462. The fourth-order valence-corrected chi connectivity index (χ4v) is 2.04. The molecule has 1 aliphatic heterocycles. The molecule has 4 heteroatoms. The highest BCUT2D eigenvalue weighted by molar-refractivity contribution is 6.17. The summed E-state index contributed by atoms with van der Waals surface area (Å²) in [6.07, 6.45) is 2.14. The Bertz CT molecular complexity index is 370. The van der Waals surface area contributed by atoms with Gasteiger partial charge in [-0.05, 0) is 18.1 Å². The van der Waals surface area contributed by atoms with E-state index in [9.17, 15) is 4.79 Å². The second-order valence-corrected chi connectivity index (χ2v) is 4.53. The Hall–Kier alpha value is -1.22. The molecule has 1 aliphatic rings.